The van der Waals surface area contributed by atoms with Gasteiger partial charge in [-0.2, -0.15) is 8.42 Å². The average molecular weight is 236 g/mol. The second kappa shape index (κ2) is 3.75. The molecule has 1 aromatic rings. The predicted octanol–water partition coefficient (Wildman–Crippen LogP) is 1.75. The lowest BCUT2D eigenvalue weighted by Crippen LogP contribution is -2.34. The van der Waals surface area contributed by atoms with Crippen LogP contribution >= 0.6 is 0 Å². The first-order valence-electron chi connectivity index (χ1n) is 4.86. The minimum atomic E-state index is -3.60. The van der Waals surface area contributed by atoms with E-state index in [2.05, 4.69) is 11.0 Å². The molecule has 0 radical (unpaired) electrons. The third-order valence-electron chi connectivity index (χ3n) is 2.39. The van der Waals surface area contributed by atoms with E-state index in [1.54, 1.807) is 19.1 Å². The van der Waals surface area contributed by atoms with Gasteiger partial charge in [0.25, 0.3) is 0 Å². The normalized spacial score (nSPS) is 17.6. The van der Waals surface area contributed by atoms with Crippen LogP contribution in [-0.4, -0.2) is 20.7 Å². The molecule has 0 aromatic heterocycles. The molecule has 16 heavy (non-hydrogen) atoms. The summed E-state index contributed by atoms with van der Waals surface area (Å²) in [5, 5.41) is 0. The second-order valence-electron chi connectivity index (χ2n) is 3.49. The summed E-state index contributed by atoms with van der Waals surface area (Å²) in [6.45, 7) is 5.49. The number of fused-ring (bicyclic) bond motifs is 1. The molecule has 5 heteroatoms. The highest BCUT2D eigenvalue weighted by molar-refractivity contribution is 7.91. The molecule has 0 saturated carbocycles. The summed E-state index contributed by atoms with van der Waals surface area (Å²) < 4.78 is 28.6. The standard InChI is InChI=1S/C11H12N2O2S/c1-3-8-13-11-7-5-4-6-10(11)9(2)12-16(13,14)15/h3-7H,1,8H2,2H3. The van der Waals surface area contributed by atoms with Crippen LogP contribution < -0.4 is 4.31 Å². The van der Waals surface area contributed by atoms with Crippen LogP contribution in [0.5, 0.6) is 0 Å². The molecular weight excluding hydrogens is 224 g/mol. The van der Waals surface area contributed by atoms with Crippen molar-refractivity contribution in [2.75, 3.05) is 10.8 Å². The molecule has 0 fully saturated rings. The summed E-state index contributed by atoms with van der Waals surface area (Å²) in [7, 11) is -3.60. The lowest BCUT2D eigenvalue weighted by atomic mass is 10.1. The molecule has 0 unspecified atom stereocenters. The van der Waals surface area contributed by atoms with Gasteiger partial charge in [-0.05, 0) is 13.0 Å². The molecular formula is C11H12N2O2S. The van der Waals surface area contributed by atoms with E-state index in [1.807, 2.05) is 18.2 Å². The Morgan fingerprint density at radius 3 is 2.81 bits per heavy atom. The first kappa shape index (κ1) is 10.9. The Kier molecular flexibility index (Phi) is 2.55. The Balaban J connectivity index is 2.67. The second-order valence-corrected chi connectivity index (χ2v) is 5.01. The number of anilines is 1. The molecule has 1 aliphatic rings. The number of nitrogens with zero attached hydrogens (tertiary/aromatic N) is 2. The van der Waals surface area contributed by atoms with Crippen molar-refractivity contribution in [3.05, 3.63) is 42.5 Å². The van der Waals surface area contributed by atoms with Crippen LogP contribution in [-0.2, 0) is 10.2 Å². The van der Waals surface area contributed by atoms with Crippen LogP contribution in [0.25, 0.3) is 0 Å². The average Bonchev–Trinajstić information content (AvgIpc) is 2.23. The Morgan fingerprint density at radius 1 is 1.44 bits per heavy atom. The zero-order chi connectivity index (χ0) is 11.8. The van der Waals surface area contributed by atoms with Crippen LogP contribution in [0.15, 0.2) is 41.3 Å². The zero-order valence-electron chi connectivity index (χ0n) is 8.92. The monoisotopic (exact) mass is 236 g/mol. The van der Waals surface area contributed by atoms with Gasteiger partial charge in [0.1, 0.15) is 0 Å². The Bertz CT molecular complexity index is 561. The van der Waals surface area contributed by atoms with E-state index in [9.17, 15) is 8.42 Å². The highest BCUT2D eigenvalue weighted by atomic mass is 32.2. The molecule has 1 aliphatic heterocycles. The highest BCUT2D eigenvalue weighted by Crippen LogP contribution is 2.28. The topological polar surface area (TPSA) is 49.7 Å². The maximum absolute atomic E-state index is 11.8. The van der Waals surface area contributed by atoms with Crippen LogP contribution in [0.1, 0.15) is 12.5 Å². The minimum absolute atomic E-state index is 0.232. The number of hydrogen-bond acceptors (Lipinski definition) is 2. The van der Waals surface area contributed by atoms with E-state index < -0.39 is 10.2 Å². The van der Waals surface area contributed by atoms with Gasteiger partial charge in [-0.15, -0.1) is 11.0 Å². The first-order valence-corrected chi connectivity index (χ1v) is 6.25. The van der Waals surface area contributed by atoms with E-state index in [4.69, 9.17) is 0 Å². The van der Waals surface area contributed by atoms with E-state index in [0.29, 0.717) is 11.4 Å². The molecule has 84 valence electrons. The molecule has 0 aliphatic carbocycles. The predicted molar refractivity (Wildman–Crippen MR) is 65.1 cm³/mol. The van der Waals surface area contributed by atoms with Crippen LogP contribution in [0.4, 0.5) is 5.69 Å². The highest BCUT2D eigenvalue weighted by Gasteiger charge is 2.28. The van der Waals surface area contributed by atoms with Crippen molar-refractivity contribution in [2.45, 2.75) is 6.92 Å². The zero-order valence-corrected chi connectivity index (χ0v) is 9.74. The Labute approximate surface area is 95.1 Å². The quantitative estimate of drug-likeness (QED) is 0.734. The summed E-state index contributed by atoms with van der Waals surface area (Å²) in [6, 6.07) is 7.30. The molecule has 0 atom stereocenters. The van der Waals surface area contributed by atoms with Crippen molar-refractivity contribution < 1.29 is 8.42 Å². The summed E-state index contributed by atoms with van der Waals surface area (Å²) in [6.07, 6.45) is 1.55. The maximum atomic E-state index is 11.8. The molecule has 0 bridgehead atoms. The van der Waals surface area contributed by atoms with E-state index in [0.717, 1.165) is 5.56 Å². The fourth-order valence-electron chi connectivity index (χ4n) is 1.70. The number of para-hydroxylation sites is 1. The largest absolute Gasteiger partial charge is 0.345 e. The fourth-order valence-corrected chi connectivity index (χ4v) is 2.95. The van der Waals surface area contributed by atoms with Crippen LogP contribution in [0.2, 0.25) is 0 Å². The number of rotatable bonds is 2. The smallest absolute Gasteiger partial charge is 0.247 e. The van der Waals surface area contributed by atoms with Crippen molar-refractivity contribution in [1.29, 1.82) is 0 Å². The lowest BCUT2D eigenvalue weighted by Gasteiger charge is -2.26. The van der Waals surface area contributed by atoms with Gasteiger partial charge in [-0.1, -0.05) is 24.3 Å². The first-order chi connectivity index (χ1) is 7.56. The minimum Gasteiger partial charge on any atom is -0.247 e. The molecule has 0 saturated heterocycles. The molecule has 0 spiro atoms. The Hall–Kier alpha value is -1.62. The van der Waals surface area contributed by atoms with Crippen molar-refractivity contribution in [3.63, 3.8) is 0 Å². The van der Waals surface area contributed by atoms with Gasteiger partial charge < -0.3 is 0 Å². The van der Waals surface area contributed by atoms with Crippen LogP contribution in [0.3, 0.4) is 0 Å². The van der Waals surface area contributed by atoms with Crippen molar-refractivity contribution >= 4 is 21.6 Å². The molecule has 4 nitrogen and oxygen atoms in total. The molecule has 0 N–H and O–H groups in total. The number of benzene rings is 1. The third kappa shape index (κ3) is 1.63. The fraction of sp³-hybridized carbons (Fsp3) is 0.182. The van der Waals surface area contributed by atoms with Gasteiger partial charge in [-0.25, -0.2) is 4.31 Å². The molecule has 2 rings (SSSR count). The van der Waals surface area contributed by atoms with Gasteiger partial charge in [0.05, 0.1) is 17.9 Å². The third-order valence-corrected chi connectivity index (χ3v) is 3.80. The van der Waals surface area contributed by atoms with Crippen molar-refractivity contribution in [2.24, 2.45) is 4.40 Å². The maximum Gasteiger partial charge on any atom is 0.345 e. The van der Waals surface area contributed by atoms with E-state index >= 15 is 0 Å². The molecule has 1 aromatic carbocycles. The van der Waals surface area contributed by atoms with Gasteiger partial charge in [0.2, 0.25) is 0 Å². The molecule has 1 heterocycles. The summed E-state index contributed by atoms with van der Waals surface area (Å²) in [5.74, 6) is 0. The Morgan fingerprint density at radius 2 is 2.12 bits per heavy atom. The van der Waals surface area contributed by atoms with Crippen molar-refractivity contribution in [1.82, 2.24) is 0 Å². The summed E-state index contributed by atoms with van der Waals surface area (Å²) in [5.41, 5.74) is 2.03. The molecule has 0 amide bonds. The van der Waals surface area contributed by atoms with Crippen LogP contribution in [0, 0.1) is 0 Å². The lowest BCUT2D eigenvalue weighted by molar-refractivity contribution is 0.594. The summed E-state index contributed by atoms with van der Waals surface area (Å²) in [4.78, 5) is 0. The van der Waals surface area contributed by atoms with E-state index in [1.165, 1.54) is 4.31 Å². The van der Waals surface area contributed by atoms with Crippen molar-refractivity contribution in [3.8, 4) is 0 Å². The SMILES string of the molecule is C=CCN1c2ccccc2C(C)=NS1(=O)=O. The van der Waals surface area contributed by atoms with E-state index in [-0.39, 0.29) is 6.54 Å². The van der Waals surface area contributed by atoms with Gasteiger partial charge in [0, 0.05) is 5.56 Å². The summed E-state index contributed by atoms with van der Waals surface area (Å²) >= 11 is 0. The number of hydrogen-bond donors (Lipinski definition) is 0. The van der Waals surface area contributed by atoms with Gasteiger partial charge in [-0.3, -0.25) is 0 Å². The van der Waals surface area contributed by atoms with Gasteiger partial charge >= 0.3 is 10.2 Å². The van der Waals surface area contributed by atoms with Gasteiger partial charge in [0.15, 0.2) is 0 Å².